The van der Waals surface area contributed by atoms with Gasteiger partial charge < -0.3 is 20.5 Å². The Morgan fingerprint density at radius 3 is 2.42 bits per heavy atom. The highest BCUT2D eigenvalue weighted by Gasteiger charge is 2.25. The molecule has 2 aromatic carbocycles. The third kappa shape index (κ3) is 5.59. The van der Waals surface area contributed by atoms with E-state index in [2.05, 4.69) is 5.32 Å². The summed E-state index contributed by atoms with van der Waals surface area (Å²) in [6.07, 6.45) is 3.69. The smallest absolute Gasteiger partial charge is 0.338 e. The van der Waals surface area contributed by atoms with Crippen molar-refractivity contribution < 1.29 is 23.9 Å². The van der Waals surface area contributed by atoms with Gasteiger partial charge in [0.2, 0.25) is 0 Å². The highest BCUT2D eigenvalue weighted by molar-refractivity contribution is 7.17. The van der Waals surface area contributed by atoms with Crippen molar-refractivity contribution in [2.45, 2.75) is 32.3 Å². The van der Waals surface area contributed by atoms with E-state index in [1.807, 2.05) is 30.3 Å². The number of aryl methyl sites for hydroxylation is 1. The number of carbonyl (C=O) groups excluding carboxylic acids is 3. The molecule has 0 unspecified atom stereocenters. The van der Waals surface area contributed by atoms with Gasteiger partial charge in [0.25, 0.3) is 11.8 Å². The van der Waals surface area contributed by atoms with E-state index in [0.29, 0.717) is 22.7 Å². The molecule has 7 nitrogen and oxygen atoms in total. The topological polar surface area (TPSA) is 108 Å². The van der Waals surface area contributed by atoms with Gasteiger partial charge >= 0.3 is 5.97 Å². The van der Waals surface area contributed by atoms with Crippen molar-refractivity contribution in [2.24, 2.45) is 5.73 Å². The Morgan fingerprint density at radius 1 is 0.970 bits per heavy atom. The lowest BCUT2D eigenvalue weighted by atomic mass is 9.95. The van der Waals surface area contributed by atoms with E-state index in [1.165, 1.54) is 11.3 Å². The maximum Gasteiger partial charge on any atom is 0.338 e. The molecule has 0 radical (unpaired) electrons. The molecule has 170 valence electrons. The lowest BCUT2D eigenvalue weighted by Crippen LogP contribution is -2.23. The predicted octanol–water partition coefficient (Wildman–Crippen LogP) is 4.10. The lowest BCUT2D eigenvalue weighted by molar-refractivity contribution is -0.119. The number of amides is 2. The van der Waals surface area contributed by atoms with Crippen LogP contribution >= 0.6 is 11.3 Å². The molecule has 1 heterocycles. The zero-order valence-electron chi connectivity index (χ0n) is 18.0. The summed E-state index contributed by atoms with van der Waals surface area (Å²) in [7, 11) is 0. The van der Waals surface area contributed by atoms with Gasteiger partial charge in [0.1, 0.15) is 17.4 Å². The first kappa shape index (κ1) is 22.5. The second-order valence-electron chi connectivity index (χ2n) is 7.70. The molecule has 0 saturated heterocycles. The number of primary amides is 1. The Bertz CT molecular complexity index is 1160. The fraction of sp³-hybridized carbons (Fsp3) is 0.240. The standard InChI is InChI=1S/C25H24N2O5S/c26-23(29)22-19-8-4-5-9-20(19)33-24(22)27-21(28)15-32-25(30)17-12-10-16(11-13-17)14-31-18-6-2-1-3-7-18/h1-3,6-7,10-13H,4-5,8-9,14-15H2,(H2,26,29)(H,27,28). The summed E-state index contributed by atoms with van der Waals surface area (Å²) in [5.74, 6) is -0.922. The summed E-state index contributed by atoms with van der Waals surface area (Å²) in [4.78, 5) is 37.7. The highest BCUT2D eigenvalue weighted by atomic mass is 32.1. The van der Waals surface area contributed by atoms with Crippen LogP contribution in [-0.4, -0.2) is 24.4 Å². The molecule has 0 fully saturated rings. The summed E-state index contributed by atoms with van der Waals surface area (Å²) in [6.45, 7) is -0.0901. The van der Waals surface area contributed by atoms with Crippen LogP contribution in [0.15, 0.2) is 54.6 Å². The summed E-state index contributed by atoms with van der Waals surface area (Å²) in [6, 6.07) is 16.2. The Balaban J connectivity index is 1.30. The number of fused-ring (bicyclic) bond motifs is 1. The number of esters is 1. The van der Waals surface area contributed by atoms with Crippen LogP contribution in [0.5, 0.6) is 5.75 Å². The van der Waals surface area contributed by atoms with Crippen molar-refractivity contribution in [1.82, 2.24) is 0 Å². The molecule has 0 aliphatic heterocycles. The van der Waals surface area contributed by atoms with E-state index in [4.69, 9.17) is 15.2 Å². The van der Waals surface area contributed by atoms with Crippen LogP contribution in [0.1, 0.15) is 49.6 Å². The summed E-state index contributed by atoms with van der Waals surface area (Å²) in [5.41, 5.74) is 8.08. The Morgan fingerprint density at radius 2 is 1.70 bits per heavy atom. The lowest BCUT2D eigenvalue weighted by Gasteiger charge is -2.11. The molecule has 1 aromatic heterocycles. The van der Waals surface area contributed by atoms with Crippen molar-refractivity contribution in [3.05, 3.63) is 81.7 Å². The molecular formula is C25H24N2O5S. The largest absolute Gasteiger partial charge is 0.489 e. The molecule has 33 heavy (non-hydrogen) atoms. The van der Waals surface area contributed by atoms with Crippen molar-refractivity contribution in [3.63, 3.8) is 0 Å². The van der Waals surface area contributed by atoms with Crippen molar-refractivity contribution in [3.8, 4) is 5.75 Å². The summed E-state index contributed by atoms with van der Waals surface area (Å²) in [5, 5.41) is 3.11. The average molecular weight is 465 g/mol. The minimum Gasteiger partial charge on any atom is -0.489 e. The third-order valence-corrected chi connectivity index (χ3v) is 6.55. The van der Waals surface area contributed by atoms with E-state index in [1.54, 1.807) is 24.3 Å². The predicted molar refractivity (Wildman–Crippen MR) is 126 cm³/mol. The van der Waals surface area contributed by atoms with Gasteiger partial charge in [0, 0.05) is 4.88 Å². The van der Waals surface area contributed by atoms with Gasteiger partial charge in [0.15, 0.2) is 6.61 Å². The fourth-order valence-corrected chi connectivity index (χ4v) is 5.02. The van der Waals surface area contributed by atoms with E-state index >= 15 is 0 Å². The fourth-order valence-electron chi connectivity index (χ4n) is 3.71. The van der Waals surface area contributed by atoms with E-state index < -0.39 is 24.4 Å². The number of rotatable bonds is 8. The van der Waals surface area contributed by atoms with Gasteiger partial charge in [-0.15, -0.1) is 11.3 Å². The number of hydrogen-bond acceptors (Lipinski definition) is 6. The number of anilines is 1. The number of para-hydroxylation sites is 1. The SMILES string of the molecule is NC(=O)c1c(NC(=O)COC(=O)c2ccc(COc3ccccc3)cc2)sc2c1CCCC2. The molecule has 0 saturated carbocycles. The molecule has 3 aromatic rings. The quantitative estimate of drug-likeness (QED) is 0.488. The third-order valence-electron chi connectivity index (χ3n) is 5.34. The number of benzene rings is 2. The number of hydrogen-bond donors (Lipinski definition) is 2. The van der Waals surface area contributed by atoms with Crippen LogP contribution in [-0.2, 0) is 29.0 Å². The van der Waals surface area contributed by atoms with Gasteiger partial charge in [-0.05, 0) is 61.1 Å². The maximum absolute atomic E-state index is 12.4. The number of nitrogens with two attached hydrogens (primary N) is 1. The average Bonchev–Trinajstić information content (AvgIpc) is 3.20. The molecular weight excluding hydrogens is 440 g/mol. The first-order valence-electron chi connectivity index (χ1n) is 10.7. The zero-order chi connectivity index (χ0) is 23.2. The van der Waals surface area contributed by atoms with Crippen LogP contribution < -0.4 is 15.8 Å². The monoisotopic (exact) mass is 464 g/mol. The minimum absolute atomic E-state index is 0.329. The van der Waals surface area contributed by atoms with Gasteiger partial charge in [-0.1, -0.05) is 30.3 Å². The van der Waals surface area contributed by atoms with Crippen LogP contribution in [0, 0.1) is 0 Å². The van der Waals surface area contributed by atoms with Crippen molar-refractivity contribution >= 4 is 34.1 Å². The van der Waals surface area contributed by atoms with E-state index in [-0.39, 0.29) is 0 Å². The molecule has 1 aliphatic carbocycles. The van der Waals surface area contributed by atoms with Crippen LogP contribution in [0.4, 0.5) is 5.00 Å². The van der Waals surface area contributed by atoms with Gasteiger partial charge in [-0.25, -0.2) is 4.79 Å². The van der Waals surface area contributed by atoms with Gasteiger partial charge in [-0.3, -0.25) is 9.59 Å². The molecule has 0 spiro atoms. The van der Waals surface area contributed by atoms with Crippen LogP contribution in [0.2, 0.25) is 0 Å². The second kappa shape index (κ2) is 10.3. The minimum atomic E-state index is -0.610. The summed E-state index contributed by atoms with van der Waals surface area (Å²) >= 11 is 1.37. The molecule has 0 bridgehead atoms. The molecule has 2 amide bonds. The maximum atomic E-state index is 12.4. The summed E-state index contributed by atoms with van der Waals surface area (Å²) < 4.78 is 10.8. The zero-order valence-corrected chi connectivity index (χ0v) is 18.8. The molecule has 1 aliphatic rings. The van der Waals surface area contributed by atoms with Crippen molar-refractivity contribution in [1.29, 1.82) is 0 Å². The Labute approximate surface area is 195 Å². The highest BCUT2D eigenvalue weighted by Crippen LogP contribution is 2.37. The van der Waals surface area contributed by atoms with Gasteiger partial charge in [-0.2, -0.15) is 0 Å². The number of carbonyl (C=O) groups is 3. The molecule has 0 atom stereocenters. The molecule has 4 rings (SSSR count). The molecule has 3 N–H and O–H groups in total. The Kier molecular flexibility index (Phi) is 7.04. The first-order valence-corrected chi connectivity index (χ1v) is 11.5. The Hall–Kier alpha value is -3.65. The van der Waals surface area contributed by atoms with Crippen molar-refractivity contribution in [2.75, 3.05) is 11.9 Å². The number of thiophene rings is 1. The number of ether oxygens (including phenoxy) is 2. The second-order valence-corrected chi connectivity index (χ2v) is 8.81. The van der Waals surface area contributed by atoms with E-state index in [9.17, 15) is 14.4 Å². The molecule has 8 heteroatoms. The normalized spacial score (nSPS) is 12.5. The van der Waals surface area contributed by atoms with Crippen LogP contribution in [0.25, 0.3) is 0 Å². The van der Waals surface area contributed by atoms with E-state index in [0.717, 1.165) is 47.4 Å². The number of nitrogens with one attached hydrogen (secondary N) is 1. The van der Waals surface area contributed by atoms with Gasteiger partial charge in [0.05, 0.1) is 11.1 Å². The van der Waals surface area contributed by atoms with Crippen LogP contribution in [0.3, 0.4) is 0 Å². The first-order chi connectivity index (χ1) is 16.0.